The van der Waals surface area contributed by atoms with E-state index in [0.717, 1.165) is 11.1 Å². The maximum Gasteiger partial charge on any atom is 0.422 e. The van der Waals surface area contributed by atoms with Crippen LogP contribution in [-0.4, -0.2) is 23.7 Å². The van der Waals surface area contributed by atoms with Crippen LogP contribution in [0.3, 0.4) is 0 Å². The highest BCUT2D eigenvalue weighted by Crippen LogP contribution is 2.21. The normalized spacial score (nSPS) is 11.6. The summed E-state index contributed by atoms with van der Waals surface area (Å²) < 4.78 is 41.7. The average molecular weight is 362 g/mol. The number of ether oxygens (including phenoxy) is 1. The fourth-order valence-electron chi connectivity index (χ4n) is 2.47. The van der Waals surface area contributed by atoms with Gasteiger partial charge in [-0.1, -0.05) is 24.3 Å². The third-order valence-electron chi connectivity index (χ3n) is 3.89. The van der Waals surface area contributed by atoms with Crippen LogP contribution in [0.5, 0.6) is 5.75 Å². The van der Waals surface area contributed by atoms with Gasteiger partial charge >= 0.3 is 6.18 Å². The van der Waals surface area contributed by atoms with Gasteiger partial charge in [-0.3, -0.25) is 4.90 Å². The maximum atomic E-state index is 12.3. The van der Waals surface area contributed by atoms with Crippen molar-refractivity contribution in [2.75, 3.05) is 6.61 Å². The third kappa shape index (κ3) is 6.41. The van der Waals surface area contributed by atoms with Crippen molar-refractivity contribution in [2.24, 2.45) is 0 Å². The van der Waals surface area contributed by atoms with Crippen LogP contribution in [-0.2, 0) is 13.1 Å². The van der Waals surface area contributed by atoms with E-state index in [2.05, 4.69) is 24.8 Å². The Labute approximate surface area is 151 Å². The number of alkyl halides is 3. The minimum atomic E-state index is -4.35. The molecule has 0 saturated carbocycles. The first-order valence-electron chi connectivity index (χ1n) is 8.28. The van der Waals surface area contributed by atoms with Gasteiger partial charge in [-0.25, -0.2) is 0 Å². The van der Waals surface area contributed by atoms with Crippen LogP contribution in [0.2, 0.25) is 0 Å². The predicted octanol–water partition coefficient (Wildman–Crippen LogP) is 4.91. The van der Waals surface area contributed by atoms with Crippen LogP contribution >= 0.6 is 0 Å². The molecule has 0 radical (unpaired) electrons. The number of halogens is 3. The Kier molecular flexibility index (Phi) is 6.64. The summed E-state index contributed by atoms with van der Waals surface area (Å²) in [5, 5.41) is 8.87. The van der Waals surface area contributed by atoms with Crippen LogP contribution in [0, 0.1) is 11.3 Å². The molecule has 0 unspecified atom stereocenters. The molecule has 0 spiro atoms. The largest absolute Gasteiger partial charge is 0.484 e. The Hall–Kier alpha value is -2.52. The zero-order chi connectivity index (χ0) is 19.2. The number of nitriles is 1. The molecule has 2 aromatic carbocycles. The number of nitrogens with zero attached hydrogens (tertiary/aromatic N) is 2. The fraction of sp³-hybridized carbons (Fsp3) is 0.350. The summed E-state index contributed by atoms with van der Waals surface area (Å²) in [6, 6.07) is 16.4. The molecule has 0 heterocycles. The van der Waals surface area contributed by atoms with Crippen molar-refractivity contribution in [1.82, 2.24) is 4.90 Å². The lowest BCUT2D eigenvalue weighted by Gasteiger charge is -2.27. The number of hydrogen-bond acceptors (Lipinski definition) is 3. The molecular weight excluding hydrogens is 341 g/mol. The Morgan fingerprint density at radius 1 is 1.04 bits per heavy atom. The fourth-order valence-corrected chi connectivity index (χ4v) is 2.47. The quantitative estimate of drug-likeness (QED) is 0.702. The van der Waals surface area contributed by atoms with Crippen molar-refractivity contribution in [2.45, 2.75) is 39.2 Å². The molecule has 2 rings (SSSR count). The molecule has 26 heavy (non-hydrogen) atoms. The predicted molar refractivity (Wildman–Crippen MR) is 93.5 cm³/mol. The number of benzene rings is 2. The zero-order valence-electron chi connectivity index (χ0n) is 14.8. The summed E-state index contributed by atoms with van der Waals surface area (Å²) in [4.78, 5) is 2.20. The summed E-state index contributed by atoms with van der Waals surface area (Å²) in [6.45, 7) is 4.09. The first kappa shape index (κ1) is 19.8. The lowest BCUT2D eigenvalue weighted by molar-refractivity contribution is -0.153. The molecule has 0 aliphatic heterocycles. The molecule has 2 aromatic rings. The molecule has 3 nitrogen and oxygen atoms in total. The minimum Gasteiger partial charge on any atom is -0.484 e. The Bertz CT molecular complexity index is 749. The average Bonchev–Trinajstić information content (AvgIpc) is 2.60. The van der Waals surface area contributed by atoms with Crippen LogP contribution < -0.4 is 4.74 Å². The highest BCUT2D eigenvalue weighted by molar-refractivity contribution is 5.32. The van der Waals surface area contributed by atoms with E-state index in [1.54, 1.807) is 24.3 Å². The van der Waals surface area contributed by atoms with Gasteiger partial charge in [-0.15, -0.1) is 0 Å². The lowest BCUT2D eigenvalue weighted by Crippen LogP contribution is -2.29. The molecule has 138 valence electrons. The molecule has 0 atom stereocenters. The second-order valence-electron chi connectivity index (χ2n) is 6.36. The third-order valence-corrected chi connectivity index (χ3v) is 3.89. The summed E-state index contributed by atoms with van der Waals surface area (Å²) in [6.07, 6.45) is -4.35. The lowest BCUT2D eigenvalue weighted by atomic mass is 10.1. The van der Waals surface area contributed by atoms with Crippen LogP contribution in [0.25, 0.3) is 0 Å². The van der Waals surface area contributed by atoms with Crippen molar-refractivity contribution in [3.8, 4) is 11.8 Å². The summed E-state index contributed by atoms with van der Waals surface area (Å²) >= 11 is 0. The van der Waals surface area contributed by atoms with Gasteiger partial charge in [0, 0.05) is 19.1 Å². The molecule has 0 amide bonds. The second kappa shape index (κ2) is 8.72. The summed E-state index contributed by atoms with van der Waals surface area (Å²) in [5.41, 5.74) is 2.56. The zero-order valence-corrected chi connectivity index (χ0v) is 14.8. The summed E-state index contributed by atoms with van der Waals surface area (Å²) in [7, 11) is 0. The first-order valence-corrected chi connectivity index (χ1v) is 8.28. The monoisotopic (exact) mass is 362 g/mol. The molecule has 0 saturated heterocycles. The van der Waals surface area contributed by atoms with Gasteiger partial charge in [0.2, 0.25) is 0 Å². The molecule has 0 N–H and O–H groups in total. The molecule has 6 heteroatoms. The van der Waals surface area contributed by atoms with E-state index < -0.39 is 12.8 Å². The van der Waals surface area contributed by atoms with Gasteiger partial charge in [0.15, 0.2) is 6.61 Å². The van der Waals surface area contributed by atoms with Gasteiger partial charge in [0.1, 0.15) is 5.75 Å². The van der Waals surface area contributed by atoms with Crippen molar-refractivity contribution in [3.63, 3.8) is 0 Å². The van der Waals surface area contributed by atoms with E-state index in [4.69, 9.17) is 10.00 Å². The van der Waals surface area contributed by atoms with E-state index in [0.29, 0.717) is 18.7 Å². The van der Waals surface area contributed by atoms with Crippen LogP contribution in [0.15, 0.2) is 48.5 Å². The Morgan fingerprint density at radius 3 is 2.27 bits per heavy atom. The number of rotatable bonds is 7. The standard InChI is InChI=1S/C20H21F3N2O/c1-15(2)25(12-17-8-6-16(11-24)7-9-17)13-18-4-3-5-19(10-18)26-14-20(21,22)23/h3-10,15H,12-14H2,1-2H3. The van der Waals surface area contributed by atoms with E-state index in [1.165, 1.54) is 6.07 Å². The van der Waals surface area contributed by atoms with Gasteiger partial charge in [-0.2, -0.15) is 18.4 Å². The minimum absolute atomic E-state index is 0.210. The van der Waals surface area contributed by atoms with Crippen molar-refractivity contribution in [3.05, 3.63) is 65.2 Å². The molecule has 0 aromatic heterocycles. The Balaban J connectivity index is 2.06. The highest BCUT2D eigenvalue weighted by Gasteiger charge is 2.28. The SMILES string of the molecule is CC(C)N(Cc1ccc(C#N)cc1)Cc1cccc(OCC(F)(F)F)c1. The van der Waals surface area contributed by atoms with Crippen LogP contribution in [0.1, 0.15) is 30.5 Å². The van der Waals surface area contributed by atoms with Crippen molar-refractivity contribution >= 4 is 0 Å². The molecular formula is C20H21F3N2O. The maximum absolute atomic E-state index is 12.3. The molecule has 0 fully saturated rings. The molecule has 0 aliphatic carbocycles. The Morgan fingerprint density at radius 2 is 1.69 bits per heavy atom. The van der Waals surface area contributed by atoms with Gasteiger partial charge < -0.3 is 4.74 Å². The molecule has 0 aliphatic rings. The number of hydrogen-bond donors (Lipinski definition) is 0. The topological polar surface area (TPSA) is 36.3 Å². The van der Waals surface area contributed by atoms with Gasteiger partial charge in [0.05, 0.1) is 11.6 Å². The van der Waals surface area contributed by atoms with Gasteiger partial charge in [0.25, 0.3) is 0 Å². The highest BCUT2D eigenvalue weighted by atomic mass is 19.4. The summed E-state index contributed by atoms with van der Waals surface area (Å²) in [5.74, 6) is 0.210. The van der Waals surface area contributed by atoms with E-state index in [-0.39, 0.29) is 11.8 Å². The van der Waals surface area contributed by atoms with E-state index in [1.807, 2.05) is 18.2 Å². The van der Waals surface area contributed by atoms with Crippen molar-refractivity contribution < 1.29 is 17.9 Å². The molecule has 0 bridgehead atoms. The second-order valence-corrected chi connectivity index (χ2v) is 6.36. The smallest absolute Gasteiger partial charge is 0.422 e. The van der Waals surface area contributed by atoms with E-state index >= 15 is 0 Å². The van der Waals surface area contributed by atoms with Gasteiger partial charge in [-0.05, 0) is 49.2 Å². The first-order chi connectivity index (χ1) is 12.3. The van der Waals surface area contributed by atoms with E-state index in [9.17, 15) is 13.2 Å². The van der Waals surface area contributed by atoms with Crippen molar-refractivity contribution in [1.29, 1.82) is 5.26 Å². The van der Waals surface area contributed by atoms with Crippen LogP contribution in [0.4, 0.5) is 13.2 Å².